The molecule has 0 aliphatic carbocycles. The molecule has 1 rings (SSSR count). The Balaban J connectivity index is 2.64. The molecule has 0 heterocycles. The third kappa shape index (κ3) is 4.04. The number of amides is 1. The number of carbonyl (C=O) groups is 1. The fourth-order valence-electron chi connectivity index (χ4n) is 1.63. The molecule has 1 aromatic carbocycles. The molecule has 4 nitrogen and oxygen atoms in total. The van der Waals surface area contributed by atoms with Crippen LogP contribution in [0.4, 0.5) is 0 Å². The molecule has 1 amide bonds. The maximum atomic E-state index is 11.9. The SMILES string of the molecule is CCC(C)(CN)NC(=O)Cc1cccc(OC)c1. The number of ether oxygens (including phenoxy) is 1. The van der Waals surface area contributed by atoms with Gasteiger partial charge in [0.1, 0.15) is 5.75 Å². The molecular formula is C14H22N2O2. The predicted molar refractivity (Wildman–Crippen MR) is 72.6 cm³/mol. The molecule has 0 radical (unpaired) electrons. The van der Waals surface area contributed by atoms with E-state index in [0.717, 1.165) is 17.7 Å². The van der Waals surface area contributed by atoms with E-state index >= 15 is 0 Å². The van der Waals surface area contributed by atoms with Gasteiger partial charge in [-0.15, -0.1) is 0 Å². The number of nitrogens with two attached hydrogens (primary N) is 1. The van der Waals surface area contributed by atoms with Gasteiger partial charge >= 0.3 is 0 Å². The number of hydrogen-bond acceptors (Lipinski definition) is 3. The van der Waals surface area contributed by atoms with Crippen molar-refractivity contribution in [3.05, 3.63) is 29.8 Å². The Kier molecular flexibility index (Phi) is 5.16. The molecule has 0 spiro atoms. The molecule has 0 aliphatic rings. The maximum Gasteiger partial charge on any atom is 0.224 e. The molecule has 0 saturated heterocycles. The highest BCUT2D eigenvalue weighted by atomic mass is 16.5. The first-order valence-electron chi connectivity index (χ1n) is 6.17. The van der Waals surface area contributed by atoms with Crippen molar-refractivity contribution in [1.82, 2.24) is 5.32 Å². The number of methoxy groups -OCH3 is 1. The molecule has 1 aromatic rings. The number of nitrogens with one attached hydrogen (secondary N) is 1. The summed E-state index contributed by atoms with van der Waals surface area (Å²) in [4.78, 5) is 11.9. The number of hydrogen-bond donors (Lipinski definition) is 2. The lowest BCUT2D eigenvalue weighted by Gasteiger charge is -2.28. The van der Waals surface area contributed by atoms with Gasteiger partial charge in [-0.05, 0) is 31.0 Å². The standard InChI is InChI=1S/C14H22N2O2/c1-4-14(2,10-15)16-13(17)9-11-6-5-7-12(8-11)18-3/h5-8H,4,9-10,15H2,1-3H3,(H,16,17). The summed E-state index contributed by atoms with van der Waals surface area (Å²) in [6, 6.07) is 7.51. The smallest absolute Gasteiger partial charge is 0.224 e. The Labute approximate surface area is 109 Å². The Morgan fingerprint density at radius 3 is 2.78 bits per heavy atom. The van der Waals surface area contributed by atoms with Gasteiger partial charge in [-0.1, -0.05) is 19.1 Å². The molecule has 0 aliphatic heterocycles. The van der Waals surface area contributed by atoms with Crippen LogP contribution in [0.15, 0.2) is 24.3 Å². The maximum absolute atomic E-state index is 11.9. The van der Waals surface area contributed by atoms with E-state index in [0.29, 0.717) is 13.0 Å². The van der Waals surface area contributed by atoms with Crippen LogP contribution in [0.2, 0.25) is 0 Å². The van der Waals surface area contributed by atoms with Crippen molar-refractivity contribution < 1.29 is 9.53 Å². The molecule has 0 saturated carbocycles. The van der Waals surface area contributed by atoms with E-state index in [9.17, 15) is 4.79 Å². The fourth-order valence-corrected chi connectivity index (χ4v) is 1.63. The summed E-state index contributed by atoms with van der Waals surface area (Å²) in [6.45, 7) is 4.41. The van der Waals surface area contributed by atoms with E-state index in [1.165, 1.54) is 0 Å². The monoisotopic (exact) mass is 250 g/mol. The van der Waals surface area contributed by atoms with E-state index in [1.807, 2.05) is 38.1 Å². The molecule has 3 N–H and O–H groups in total. The van der Waals surface area contributed by atoms with E-state index in [1.54, 1.807) is 7.11 Å². The van der Waals surface area contributed by atoms with Crippen LogP contribution in [-0.4, -0.2) is 25.1 Å². The van der Waals surface area contributed by atoms with Crippen molar-refractivity contribution in [2.45, 2.75) is 32.2 Å². The van der Waals surface area contributed by atoms with E-state index in [4.69, 9.17) is 10.5 Å². The number of rotatable bonds is 6. The summed E-state index contributed by atoms with van der Waals surface area (Å²) in [5.74, 6) is 0.746. The molecule has 1 unspecified atom stereocenters. The van der Waals surface area contributed by atoms with Gasteiger partial charge in [0, 0.05) is 12.1 Å². The second-order valence-electron chi connectivity index (χ2n) is 4.69. The van der Waals surface area contributed by atoms with Crippen LogP contribution in [0.5, 0.6) is 5.75 Å². The van der Waals surface area contributed by atoms with Crippen molar-refractivity contribution in [3.8, 4) is 5.75 Å². The quantitative estimate of drug-likeness (QED) is 0.804. The first kappa shape index (κ1) is 14.5. The van der Waals surface area contributed by atoms with Gasteiger partial charge in [0.15, 0.2) is 0 Å². The Bertz CT molecular complexity index is 401. The molecule has 18 heavy (non-hydrogen) atoms. The van der Waals surface area contributed by atoms with Crippen LogP contribution >= 0.6 is 0 Å². The van der Waals surface area contributed by atoms with Crippen LogP contribution in [0, 0.1) is 0 Å². The molecule has 1 atom stereocenters. The van der Waals surface area contributed by atoms with E-state index in [2.05, 4.69) is 5.32 Å². The Morgan fingerprint density at radius 2 is 2.22 bits per heavy atom. The lowest BCUT2D eigenvalue weighted by molar-refractivity contribution is -0.122. The van der Waals surface area contributed by atoms with Crippen molar-refractivity contribution >= 4 is 5.91 Å². The average molecular weight is 250 g/mol. The minimum absolute atomic E-state index is 0.0157. The number of benzene rings is 1. The topological polar surface area (TPSA) is 64.3 Å². The molecule has 4 heteroatoms. The fraction of sp³-hybridized carbons (Fsp3) is 0.500. The van der Waals surface area contributed by atoms with Crippen LogP contribution in [0.3, 0.4) is 0 Å². The highest BCUT2D eigenvalue weighted by molar-refractivity contribution is 5.79. The minimum atomic E-state index is -0.323. The van der Waals surface area contributed by atoms with Crippen molar-refractivity contribution in [2.75, 3.05) is 13.7 Å². The zero-order valence-electron chi connectivity index (χ0n) is 11.3. The Morgan fingerprint density at radius 1 is 1.50 bits per heavy atom. The van der Waals surface area contributed by atoms with Crippen LogP contribution < -0.4 is 15.8 Å². The van der Waals surface area contributed by atoms with Gasteiger partial charge in [-0.2, -0.15) is 0 Å². The lowest BCUT2D eigenvalue weighted by atomic mass is 9.98. The summed E-state index contributed by atoms with van der Waals surface area (Å²) >= 11 is 0. The molecule has 0 bridgehead atoms. The zero-order chi connectivity index (χ0) is 13.6. The van der Waals surface area contributed by atoms with Gasteiger partial charge in [-0.3, -0.25) is 4.79 Å². The largest absolute Gasteiger partial charge is 0.497 e. The highest BCUT2D eigenvalue weighted by Gasteiger charge is 2.22. The second-order valence-corrected chi connectivity index (χ2v) is 4.69. The molecular weight excluding hydrogens is 228 g/mol. The van der Waals surface area contributed by atoms with Crippen molar-refractivity contribution in [3.63, 3.8) is 0 Å². The normalized spacial score (nSPS) is 13.8. The van der Waals surface area contributed by atoms with Crippen LogP contribution in [0.25, 0.3) is 0 Å². The van der Waals surface area contributed by atoms with Gasteiger partial charge < -0.3 is 15.8 Å². The minimum Gasteiger partial charge on any atom is -0.497 e. The third-order valence-corrected chi connectivity index (χ3v) is 3.17. The molecule has 0 aromatic heterocycles. The molecule has 100 valence electrons. The van der Waals surface area contributed by atoms with Crippen molar-refractivity contribution in [1.29, 1.82) is 0 Å². The summed E-state index contributed by atoms with van der Waals surface area (Å²) in [5, 5.41) is 2.97. The van der Waals surface area contributed by atoms with E-state index in [-0.39, 0.29) is 11.4 Å². The summed E-state index contributed by atoms with van der Waals surface area (Å²) in [5.41, 5.74) is 6.28. The highest BCUT2D eigenvalue weighted by Crippen LogP contribution is 2.13. The predicted octanol–water partition coefficient (Wildman–Crippen LogP) is 1.48. The zero-order valence-corrected chi connectivity index (χ0v) is 11.3. The van der Waals surface area contributed by atoms with Gasteiger partial charge in [0.05, 0.1) is 13.5 Å². The summed E-state index contributed by atoms with van der Waals surface area (Å²) in [6.07, 6.45) is 1.15. The average Bonchev–Trinajstić information content (AvgIpc) is 2.38. The van der Waals surface area contributed by atoms with Gasteiger partial charge in [0.25, 0.3) is 0 Å². The Hall–Kier alpha value is -1.55. The van der Waals surface area contributed by atoms with Gasteiger partial charge in [0.2, 0.25) is 5.91 Å². The van der Waals surface area contributed by atoms with E-state index < -0.39 is 0 Å². The summed E-state index contributed by atoms with van der Waals surface area (Å²) < 4.78 is 5.13. The lowest BCUT2D eigenvalue weighted by Crippen LogP contribution is -2.51. The molecule has 0 fully saturated rings. The first-order chi connectivity index (χ1) is 8.53. The number of carbonyl (C=O) groups excluding carboxylic acids is 1. The van der Waals surface area contributed by atoms with Gasteiger partial charge in [-0.25, -0.2) is 0 Å². The van der Waals surface area contributed by atoms with Crippen LogP contribution in [0.1, 0.15) is 25.8 Å². The first-order valence-corrected chi connectivity index (χ1v) is 6.17. The van der Waals surface area contributed by atoms with Crippen LogP contribution in [-0.2, 0) is 11.2 Å². The summed E-state index contributed by atoms with van der Waals surface area (Å²) in [7, 11) is 1.61. The van der Waals surface area contributed by atoms with Crippen molar-refractivity contribution in [2.24, 2.45) is 5.73 Å². The third-order valence-electron chi connectivity index (χ3n) is 3.17. The second kappa shape index (κ2) is 6.40.